The second kappa shape index (κ2) is 7.66. The summed E-state index contributed by atoms with van der Waals surface area (Å²) in [5.41, 5.74) is 5.62. The summed E-state index contributed by atoms with van der Waals surface area (Å²) in [7, 11) is 0. The summed E-state index contributed by atoms with van der Waals surface area (Å²) >= 11 is 6.49. The molecule has 1 aliphatic rings. The molecule has 1 fully saturated rings. The van der Waals surface area contributed by atoms with Crippen LogP contribution in [0.15, 0.2) is 36.4 Å². The number of nitrogens with one attached hydrogen (secondary N) is 2. The number of hydrogen-bond donors (Lipinski definition) is 2. The van der Waals surface area contributed by atoms with E-state index in [1.165, 1.54) is 11.3 Å². The summed E-state index contributed by atoms with van der Waals surface area (Å²) in [4.78, 5) is 10.4. The van der Waals surface area contributed by atoms with E-state index in [0.29, 0.717) is 13.1 Å². The zero-order valence-electron chi connectivity index (χ0n) is 14.9. The number of H-pyrrole nitrogens is 1. The molecule has 0 saturated carbocycles. The molecule has 1 aliphatic heterocycles. The number of ether oxygens (including phenoxy) is 1. The van der Waals surface area contributed by atoms with Crippen LogP contribution >= 0.6 is 11.6 Å². The summed E-state index contributed by atoms with van der Waals surface area (Å²) in [5.74, 6) is 0.939. The summed E-state index contributed by atoms with van der Waals surface area (Å²) in [5, 5.41) is 4.28. The van der Waals surface area contributed by atoms with E-state index in [1.54, 1.807) is 0 Å². The highest BCUT2D eigenvalue weighted by atomic mass is 35.5. The van der Waals surface area contributed by atoms with Gasteiger partial charge in [-0.2, -0.15) is 0 Å². The molecule has 0 aliphatic carbocycles. The molecule has 0 amide bonds. The molecule has 2 aromatic carbocycles. The van der Waals surface area contributed by atoms with Gasteiger partial charge in [0.05, 0.1) is 30.8 Å². The first-order valence-electron chi connectivity index (χ1n) is 8.97. The van der Waals surface area contributed by atoms with Crippen molar-refractivity contribution in [1.29, 1.82) is 0 Å². The maximum Gasteiger partial charge on any atom is 0.121 e. The van der Waals surface area contributed by atoms with Gasteiger partial charge in [0.2, 0.25) is 0 Å². The second-order valence-electron chi connectivity index (χ2n) is 6.60. The number of para-hydroxylation sites is 1. The molecule has 3 aromatic rings. The number of morpholine rings is 1. The van der Waals surface area contributed by atoms with Crippen molar-refractivity contribution in [1.82, 2.24) is 15.3 Å². The number of nitrogens with zero attached hydrogens (tertiary/aromatic N) is 2. The van der Waals surface area contributed by atoms with Gasteiger partial charge in [0.15, 0.2) is 0 Å². The number of rotatable bonds is 5. The summed E-state index contributed by atoms with van der Waals surface area (Å²) < 4.78 is 5.47. The molecular weight excluding hydrogens is 348 g/mol. The number of halogens is 1. The first-order valence-corrected chi connectivity index (χ1v) is 9.35. The highest BCUT2D eigenvalue weighted by molar-refractivity contribution is 6.31. The number of imidazole rings is 1. The maximum absolute atomic E-state index is 6.49. The molecule has 0 unspecified atom stereocenters. The topological polar surface area (TPSA) is 53.2 Å². The molecular formula is C20H23ClN4O. The molecule has 2 heterocycles. The Morgan fingerprint density at radius 3 is 2.77 bits per heavy atom. The zero-order valence-corrected chi connectivity index (χ0v) is 15.6. The summed E-state index contributed by atoms with van der Waals surface area (Å²) in [6.07, 6.45) is 0. The predicted molar refractivity (Wildman–Crippen MR) is 106 cm³/mol. The van der Waals surface area contributed by atoms with Crippen molar-refractivity contribution in [2.24, 2.45) is 0 Å². The second-order valence-corrected chi connectivity index (χ2v) is 7.00. The van der Waals surface area contributed by atoms with Crippen LogP contribution in [0, 0.1) is 6.92 Å². The van der Waals surface area contributed by atoms with E-state index in [4.69, 9.17) is 21.3 Å². The number of aromatic nitrogens is 2. The molecule has 136 valence electrons. The van der Waals surface area contributed by atoms with Gasteiger partial charge in [0, 0.05) is 35.9 Å². The number of benzene rings is 2. The van der Waals surface area contributed by atoms with E-state index in [2.05, 4.69) is 40.3 Å². The SMILES string of the molecule is Cc1cccc2[nH]c(CNCc3c(Cl)cccc3N3CCOCC3)nc12. The monoisotopic (exact) mass is 370 g/mol. The van der Waals surface area contributed by atoms with Gasteiger partial charge in [-0.25, -0.2) is 4.98 Å². The lowest BCUT2D eigenvalue weighted by Gasteiger charge is -2.31. The molecule has 2 N–H and O–H groups in total. The Hall–Kier alpha value is -2.08. The van der Waals surface area contributed by atoms with Crippen molar-refractivity contribution >= 4 is 28.3 Å². The average Bonchev–Trinajstić information content (AvgIpc) is 3.08. The number of aromatic amines is 1. The van der Waals surface area contributed by atoms with Crippen LogP contribution in [-0.4, -0.2) is 36.3 Å². The molecule has 0 radical (unpaired) electrons. The smallest absolute Gasteiger partial charge is 0.121 e. The molecule has 1 aromatic heterocycles. The van der Waals surface area contributed by atoms with Gasteiger partial charge < -0.3 is 19.9 Å². The summed E-state index contributed by atoms with van der Waals surface area (Å²) in [6, 6.07) is 12.3. The van der Waals surface area contributed by atoms with Crippen LogP contribution in [0.3, 0.4) is 0 Å². The van der Waals surface area contributed by atoms with E-state index in [9.17, 15) is 0 Å². The van der Waals surface area contributed by atoms with E-state index in [-0.39, 0.29) is 0 Å². The number of aryl methyl sites for hydroxylation is 1. The Balaban J connectivity index is 1.48. The van der Waals surface area contributed by atoms with E-state index in [1.807, 2.05) is 18.2 Å². The van der Waals surface area contributed by atoms with Crippen LogP contribution in [0.1, 0.15) is 17.0 Å². The third-order valence-electron chi connectivity index (χ3n) is 4.80. The summed E-state index contributed by atoms with van der Waals surface area (Å²) in [6.45, 7) is 6.77. The Labute approximate surface area is 158 Å². The van der Waals surface area contributed by atoms with Crippen LogP contribution in [-0.2, 0) is 17.8 Å². The molecule has 4 rings (SSSR count). The fourth-order valence-electron chi connectivity index (χ4n) is 3.44. The fraction of sp³-hybridized carbons (Fsp3) is 0.350. The maximum atomic E-state index is 6.49. The normalized spacial score (nSPS) is 14.9. The fourth-order valence-corrected chi connectivity index (χ4v) is 3.68. The largest absolute Gasteiger partial charge is 0.378 e. The minimum Gasteiger partial charge on any atom is -0.378 e. The van der Waals surface area contributed by atoms with Gasteiger partial charge in [-0.1, -0.05) is 29.8 Å². The van der Waals surface area contributed by atoms with Gasteiger partial charge in [0.25, 0.3) is 0 Å². The molecule has 26 heavy (non-hydrogen) atoms. The number of hydrogen-bond acceptors (Lipinski definition) is 4. The van der Waals surface area contributed by atoms with E-state index >= 15 is 0 Å². The first kappa shape index (κ1) is 17.3. The van der Waals surface area contributed by atoms with Crippen LogP contribution in [0.4, 0.5) is 5.69 Å². The highest BCUT2D eigenvalue weighted by Gasteiger charge is 2.16. The van der Waals surface area contributed by atoms with Gasteiger partial charge in [-0.05, 0) is 30.7 Å². The lowest BCUT2D eigenvalue weighted by Crippen LogP contribution is -2.37. The van der Waals surface area contributed by atoms with Crippen molar-refractivity contribution in [2.75, 3.05) is 31.2 Å². The Morgan fingerprint density at radius 2 is 1.96 bits per heavy atom. The van der Waals surface area contributed by atoms with E-state index in [0.717, 1.165) is 53.7 Å². The van der Waals surface area contributed by atoms with Crippen molar-refractivity contribution in [2.45, 2.75) is 20.0 Å². The van der Waals surface area contributed by atoms with Crippen LogP contribution in [0.5, 0.6) is 0 Å². The zero-order chi connectivity index (χ0) is 17.9. The van der Waals surface area contributed by atoms with Crippen molar-refractivity contribution in [3.63, 3.8) is 0 Å². The molecule has 0 atom stereocenters. The van der Waals surface area contributed by atoms with Gasteiger partial charge in [0.1, 0.15) is 5.82 Å². The highest BCUT2D eigenvalue weighted by Crippen LogP contribution is 2.28. The lowest BCUT2D eigenvalue weighted by atomic mass is 10.1. The van der Waals surface area contributed by atoms with Crippen molar-refractivity contribution in [3.8, 4) is 0 Å². The van der Waals surface area contributed by atoms with Crippen molar-refractivity contribution < 1.29 is 4.74 Å². The first-order chi connectivity index (χ1) is 12.7. The quantitative estimate of drug-likeness (QED) is 0.719. The molecule has 0 bridgehead atoms. The molecule has 5 nitrogen and oxygen atoms in total. The third-order valence-corrected chi connectivity index (χ3v) is 5.16. The molecule has 1 saturated heterocycles. The van der Waals surface area contributed by atoms with Crippen LogP contribution in [0.25, 0.3) is 11.0 Å². The lowest BCUT2D eigenvalue weighted by molar-refractivity contribution is 0.122. The predicted octanol–water partition coefficient (Wildman–Crippen LogP) is 3.65. The Morgan fingerprint density at radius 1 is 1.15 bits per heavy atom. The van der Waals surface area contributed by atoms with Crippen LogP contribution < -0.4 is 10.2 Å². The molecule has 0 spiro atoms. The van der Waals surface area contributed by atoms with Gasteiger partial charge >= 0.3 is 0 Å². The minimum atomic E-state index is 0.669. The average molecular weight is 371 g/mol. The number of anilines is 1. The van der Waals surface area contributed by atoms with Gasteiger partial charge in [-0.15, -0.1) is 0 Å². The molecule has 6 heteroatoms. The van der Waals surface area contributed by atoms with E-state index < -0.39 is 0 Å². The Bertz CT molecular complexity index is 902. The van der Waals surface area contributed by atoms with Gasteiger partial charge in [-0.3, -0.25) is 0 Å². The van der Waals surface area contributed by atoms with Crippen molar-refractivity contribution in [3.05, 3.63) is 58.4 Å². The minimum absolute atomic E-state index is 0.669. The number of fused-ring (bicyclic) bond motifs is 1. The third kappa shape index (κ3) is 3.56. The van der Waals surface area contributed by atoms with Crippen LogP contribution in [0.2, 0.25) is 5.02 Å². The standard InChI is InChI=1S/C20H23ClN4O/c1-14-4-2-6-17-20(14)24-19(23-17)13-22-12-15-16(21)5-3-7-18(15)25-8-10-26-11-9-25/h2-7,22H,8-13H2,1H3,(H,23,24). The Kier molecular flexibility index (Phi) is 5.11.